The number of hydrogen-bond acceptors (Lipinski definition) is 5. The van der Waals surface area contributed by atoms with E-state index in [0.717, 1.165) is 49.1 Å². The third kappa shape index (κ3) is 3.19. The molecule has 0 saturated heterocycles. The Morgan fingerprint density at radius 3 is 2.94 bits per heavy atom. The van der Waals surface area contributed by atoms with E-state index in [-0.39, 0.29) is 23.6 Å². The summed E-state index contributed by atoms with van der Waals surface area (Å²) in [4.78, 5) is 17.9. The van der Waals surface area contributed by atoms with Crippen molar-refractivity contribution in [2.24, 2.45) is 0 Å². The molecule has 3 aromatic heterocycles. The van der Waals surface area contributed by atoms with Crippen molar-refractivity contribution in [1.29, 1.82) is 0 Å². The van der Waals surface area contributed by atoms with E-state index < -0.39 is 5.82 Å². The van der Waals surface area contributed by atoms with Crippen LogP contribution in [0.4, 0.5) is 4.39 Å². The first-order valence-electron chi connectivity index (χ1n) is 10.5. The maximum absolute atomic E-state index is 14.4. The lowest BCUT2D eigenvalue weighted by Gasteiger charge is -2.23. The van der Waals surface area contributed by atoms with Gasteiger partial charge in [-0.3, -0.25) is 9.89 Å². The van der Waals surface area contributed by atoms with Crippen LogP contribution >= 0.6 is 0 Å². The normalized spacial score (nSPS) is 18.2. The van der Waals surface area contributed by atoms with Gasteiger partial charge in [-0.05, 0) is 55.9 Å². The zero-order chi connectivity index (χ0) is 20.9. The summed E-state index contributed by atoms with van der Waals surface area (Å²) in [6, 6.07) is 8.04. The van der Waals surface area contributed by atoms with Crippen LogP contribution in [0.2, 0.25) is 0 Å². The molecule has 0 aliphatic heterocycles. The van der Waals surface area contributed by atoms with E-state index in [1.807, 2.05) is 6.20 Å². The monoisotopic (exact) mass is 417 g/mol. The number of carbonyl (C=O) groups is 1. The van der Waals surface area contributed by atoms with Crippen molar-refractivity contribution in [3.05, 3.63) is 64.9 Å². The number of nitrogens with one attached hydrogen (secondary N) is 2. The number of rotatable bonds is 4. The van der Waals surface area contributed by atoms with Crippen LogP contribution in [0, 0.1) is 5.82 Å². The zero-order valence-electron chi connectivity index (χ0n) is 16.7. The number of benzene rings is 1. The van der Waals surface area contributed by atoms with Gasteiger partial charge in [0.05, 0.1) is 28.5 Å². The second kappa shape index (κ2) is 7.01. The van der Waals surface area contributed by atoms with Crippen molar-refractivity contribution in [3.8, 4) is 11.3 Å². The highest BCUT2D eigenvalue weighted by atomic mass is 19.1. The number of halogens is 1. The predicted octanol–water partition coefficient (Wildman–Crippen LogP) is 3.92. The van der Waals surface area contributed by atoms with E-state index in [4.69, 9.17) is 4.52 Å². The van der Waals surface area contributed by atoms with Crippen LogP contribution in [0.5, 0.6) is 0 Å². The van der Waals surface area contributed by atoms with E-state index in [9.17, 15) is 9.18 Å². The summed E-state index contributed by atoms with van der Waals surface area (Å²) in [7, 11) is 0. The Hall–Kier alpha value is -3.55. The molecule has 3 heterocycles. The van der Waals surface area contributed by atoms with Crippen molar-refractivity contribution >= 4 is 17.0 Å². The SMILES string of the molecule is O=C(NC1CCc2[nH]ncc2C1)c1cc(-c2ccccc2F)nc2onc(C3CC3)c12. The third-order valence-electron chi connectivity index (χ3n) is 6.18. The van der Waals surface area contributed by atoms with Gasteiger partial charge in [0.25, 0.3) is 11.6 Å². The first-order valence-corrected chi connectivity index (χ1v) is 10.5. The van der Waals surface area contributed by atoms with Gasteiger partial charge in [-0.25, -0.2) is 9.37 Å². The molecule has 6 rings (SSSR count). The number of carbonyl (C=O) groups excluding carboxylic acids is 1. The molecule has 0 spiro atoms. The number of amides is 1. The number of nitrogens with zero attached hydrogens (tertiary/aromatic N) is 3. The van der Waals surface area contributed by atoms with Crippen LogP contribution in [0.1, 0.15) is 52.5 Å². The highest BCUT2D eigenvalue weighted by molar-refractivity contribution is 6.07. The van der Waals surface area contributed by atoms with Crippen LogP contribution < -0.4 is 5.32 Å². The molecule has 1 unspecified atom stereocenters. The summed E-state index contributed by atoms with van der Waals surface area (Å²) in [6.07, 6.45) is 6.25. The average Bonchev–Trinajstić information content (AvgIpc) is 3.36. The highest BCUT2D eigenvalue weighted by Gasteiger charge is 2.33. The van der Waals surface area contributed by atoms with Gasteiger partial charge in [-0.15, -0.1) is 0 Å². The Morgan fingerprint density at radius 1 is 1.23 bits per heavy atom. The van der Waals surface area contributed by atoms with Crippen molar-refractivity contribution < 1.29 is 13.7 Å². The van der Waals surface area contributed by atoms with Crippen LogP contribution in [0.3, 0.4) is 0 Å². The smallest absolute Gasteiger partial charge is 0.259 e. The molecular weight excluding hydrogens is 397 g/mol. The van der Waals surface area contributed by atoms with Crippen molar-refractivity contribution in [1.82, 2.24) is 25.7 Å². The summed E-state index contributed by atoms with van der Waals surface area (Å²) in [6.45, 7) is 0. The van der Waals surface area contributed by atoms with E-state index in [0.29, 0.717) is 22.2 Å². The number of aryl methyl sites for hydroxylation is 1. The van der Waals surface area contributed by atoms with Gasteiger partial charge in [0.15, 0.2) is 0 Å². The minimum Gasteiger partial charge on any atom is -0.349 e. The summed E-state index contributed by atoms with van der Waals surface area (Å²) < 4.78 is 19.9. The topological polar surface area (TPSA) is 96.7 Å². The van der Waals surface area contributed by atoms with Gasteiger partial charge in [0.2, 0.25) is 0 Å². The lowest BCUT2D eigenvalue weighted by molar-refractivity contribution is 0.0935. The number of fused-ring (bicyclic) bond motifs is 2. The molecule has 7 nitrogen and oxygen atoms in total. The number of hydrogen-bond donors (Lipinski definition) is 2. The molecule has 1 saturated carbocycles. The summed E-state index contributed by atoms with van der Waals surface area (Å²) in [5, 5.41) is 15.1. The van der Waals surface area contributed by atoms with Gasteiger partial charge in [-0.2, -0.15) is 5.10 Å². The highest BCUT2D eigenvalue weighted by Crippen LogP contribution is 2.43. The predicted molar refractivity (Wildman–Crippen MR) is 111 cm³/mol. The molecule has 31 heavy (non-hydrogen) atoms. The molecule has 1 fully saturated rings. The molecular formula is C23H20FN5O2. The molecule has 0 radical (unpaired) electrons. The lowest BCUT2D eigenvalue weighted by Crippen LogP contribution is -2.38. The van der Waals surface area contributed by atoms with Crippen molar-refractivity contribution in [2.45, 2.75) is 44.1 Å². The summed E-state index contributed by atoms with van der Waals surface area (Å²) >= 11 is 0. The molecule has 156 valence electrons. The molecule has 1 atom stereocenters. The standard InChI is InChI=1S/C23H20FN5O2/c24-17-4-2-1-3-15(17)19-10-16(20-21(12-5-6-12)29-31-23(20)27-19)22(30)26-14-7-8-18-13(9-14)11-25-28-18/h1-4,10-12,14H,5-9H2,(H,25,28)(H,26,30). The van der Waals surface area contributed by atoms with Gasteiger partial charge < -0.3 is 9.84 Å². The van der Waals surface area contributed by atoms with Crippen molar-refractivity contribution in [3.63, 3.8) is 0 Å². The Morgan fingerprint density at radius 2 is 2.10 bits per heavy atom. The minimum atomic E-state index is -0.401. The first-order chi connectivity index (χ1) is 15.2. The van der Waals surface area contributed by atoms with Gasteiger partial charge in [0, 0.05) is 23.2 Å². The van der Waals surface area contributed by atoms with Gasteiger partial charge in [-0.1, -0.05) is 17.3 Å². The van der Waals surface area contributed by atoms with Crippen LogP contribution in [-0.4, -0.2) is 32.3 Å². The maximum atomic E-state index is 14.4. The Balaban J connectivity index is 1.41. The zero-order valence-corrected chi connectivity index (χ0v) is 16.7. The van der Waals surface area contributed by atoms with E-state index in [1.54, 1.807) is 24.3 Å². The Kier molecular flexibility index (Phi) is 4.12. The molecule has 1 amide bonds. The van der Waals surface area contributed by atoms with E-state index >= 15 is 0 Å². The maximum Gasteiger partial charge on any atom is 0.259 e. The molecule has 2 N–H and O–H groups in total. The molecule has 0 bridgehead atoms. The van der Waals surface area contributed by atoms with Crippen LogP contribution in [0.15, 0.2) is 41.1 Å². The number of aromatic amines is 1. The number of H-pyrrole nitrogens is 1. The van der Waals surface area contributed by atoms with Gasteiger partial charge in [0.1, 0.15) is 5.82 Å². The third-order valence-corrected chi connectivity index (χ3v) is 6.18. The second-order valence-electron chi connectivity index (χ2n) is 8.34. The van der Waals surface area contributed by atoms with Crippen LogP contribution in [0.25, 0.3) is 22.4 Å². The Bertz CT molecular complexity index is 1310. The molecule has 8 heteroatoms. The number of pyridine rings is 1. The minimum absolute atomic E-state index is 0.00182. The fourth-order valence-corrected chi connectivity index (χ4v) is 4.40. The van der Waals surface area contributed by atoms with Crippen LogP contribution in [-0.2, 0) is 12.8 Å². The summed E-state index contributed by atoms with van der Waals surface area (Å²) in [5.74, 6) is -0.327. The molecule has 2 aliphatic rings. The molecule has 1 aromatic carbocycles. The average molecular weight is 417 g/mol. The van der Waals surface area contributed by atoms with Gasteiger partial charge >= 0.3 is 0 Å². The van der Waals surface area contributed by atoms with Crippen molar-refractivity contribution in [2.75, 3.05) is 0 Å². The largest absolute Gasteiger partial charge is 0.349 e. The molecule has 4 aromatic rings. The Labute approximate surface area is 177 Å². The van der Waals surface area contributed by atoms with E-state index in [1.165, 1.54) is 6.07 Å². The lowest BCUT2D eigenvalue weighted by atomic mass is 9.93. The van der Waals surface area contributed by atoms with E-state index in [2.05, 4.69) is 25.7 Å². The quantitative estimate of drug-likeness (QED) is 0.525. The molecule has 2 aliphatic carbocycles. The first kappa shape index (κ1) is 18.2. The number of aromatic nitrogens is 4. The second-order valence-corrected chi connectivity index (χ2v) is 8.34. The summed E-state index contributed by atoms with van der Waals surface area (Å²) in [5.41, 5.74) is 4.42. The fourth-order valence-electron chi connectivity index (χ4n) is 4.40. The fraction of sp³-hybridized carbons (Fsp3) is 0.304.